The highest BCUT2D eigenvalue weighted by molar-refractivity contribution is 6.04. The number of rotatable bonds is 4. The summed E-state index contributed by atoms with van der Waals surface area (Å²) in [7, 11) is 0. The summed E-state index contributed by atoms with van der Waals surface area (Å²) in [6.45, 7) is 0.110. The van der Waals surface area contributed by atoms with E-state index in [0.29, 0.717) is 11.3 Å². The second-order valence-corrected chi connectivity index (χ2v) is 3.32. The van der Waals surface area contributed by atoms with Crippen LogP contribution in [0.3, 0.4) is 0 Å². The highest BCUT2D eigenvalue weighted by Gasteiger charge is 2.11. The molecule has 5 heteroatoms. The number of nitrogens with one attached hydrogen (secondary N) is 2. The van der Waals surface area contributed by atoms with E-state index in [0.717, 1.165) is 0 Å². The Morgan fingerprint density at radius 2 is 2.06 bits per heavy atom. The van der Waals surface area contributed by atoms with Crippen molar-refractivity contribution in [3.05, 3.63) is 29.8 Å². The molecule has 0 saturated carbocycles. The molecule has 18 heavy (non-hydrogen) atoms. The van der Waals surface area contributed by atoms with Gasteiger partial charge in [0.1, 0.15) is 6.42 Å². The quantitative estimate of drug-likeness (QED) is 0.768. The van der Waals surface area contributed by atoms with Crippen molar-refractivity contribution >= 4 is 17.5 Å². The molecule has 0 aliphatic rings. The molecule has 5 nitrogen and oxygen atoms in total. The number of hydrogen-bond acceptors (Lipinski definition) is 3. The molecule has 1 rings (SSSR count). The first-order chi connectivity index (χ1) is 8.69. The topological polar surface area (TPSA) is 82.0 Å². The van der Waals surface area contributed by atoms with Gasteiger partial charge in [0, 0.05) is 0 Å². The lowest BCUT2D eigenvalue weighted by Crippen LogP contribution is -2.25. The van der Waals surface area contributed by atoms with Gasteiger partial charge in [-0.25, -0.2) is 0 Å². The highest BCUT2D eigenvalue weighted by atomic mass is 16.2. The molecule has 90 valence electrons. The lowest BCUT2D eigenvalue weighted by Gasteiger charge is -2.09. The van der Waals surface area contributed by atoms with Crippen LogP contribution >= 0.6 is 0 Å². The summed E-state index contributed by atoms with van der Waals surface area (Å²) in [5.41, 5.74) is 0.659. The van der Waals surface area contributed by atoms with Gasteiger partial charge in [0.15, 0.2) is 0 Å². The van der Waals surface area contributed by atoms with Gasteiger partial charge in [0.2, 0.25) is 5.91 Å². The summed E-state index contributed by atoms with van der Waals surface area (Å²) in [5, 5.41) is 13.4. The van der Waals surface area contributed by atoms with Crippen molar-refractivity contribution in [1.29, 1.82) is 5.26 Å². The van der Waals surface area contributed by atoms with Crippen LogP contribution in [0.4, 0.5) is 5.69 Å². The van der Waals surface area contributed by atoms with Crippen LogP contribution in [0.5, 0.6) is 0 Å². The Bertz CT molecular complexity index is 538. The summed E-state index contributed by atoms with van der Waals surface area (Å²) >= 11 is 0. The van der Waals surface area contributed by atoms with E-state index in [1.54, 1.807) is 30.3 Å². The molecule has 0 atom stereocenters. The zero-order valence-corrected chi connectivity index (χ0v) is 9.56. The second-order valence-electron chi connectivity index (χ2n) is 3.32. The monoisotopic (exact) mass is 241 g/mol. The van der Waals surface area contributed by atoms with E-state index in [9.17, 15) is 9.59 Å². The van der Waals surface area contributed by atoms with E-state index >= 15 is 0 Å². The fraction of sp³-hybridized carbons (Fsp3) is 0.154. The first kappa shape index (κ1) is 13.3. The molecular formula is C13H11N3O2. The van der Waals surface area contributed by atoms with E-state index in [1.807, 2.05) is 0 Å². The molecule has 0 radical (unpaired) electrons. The third kappa shape index (κ3) is 3.66. The van der Waals surface area contributed by atoms with E-state index in [1.165, 1.54) is 0 Å². The first-order valence-corrected chi connectivity index (χ1v) is 5.16. The average Bonchev–Trinajstić information content (AvgIpc) is 2.37. The Balaban J connectivity index is 2.87. The van der Waals surface area contributed by atoms with Crippen LogP contribution in [0, 0.1) is 23.7 Å². The Hall–Kier alpha value is -2.79. The van der Waals surface area contributed by atoms with Crippen LogP contribution in [0.15, 0.2) is 24.3 Å². The van der Waals surface area contributed by atoms with Crippen LogP contribution in [0.2, 0.25) is 0 Å². The van der Waals surface area contributed by atoms with Gasteiger partial charge in [0.05, 0.1) is 23.9 Å². The van der Waals surface area contributed by atoms with Gasteiger partial charge in [-0.3, -0.25) is 9.59 Å². The number of terminal acetylenes is 1. The van der Waals surface area contributed by atoms with E-state index < -0.39 is 5.91 Å². The van der Waals surface area contributed by atoms with Crippen LogP contribution in [0.1, 0.15) is 16.8 Å². The van der Waals surface area contributed by atoms with Crippen LogP contribution < -0.4 is 10.6 Å². The lowest BCUT2D eigenvalue weighted by atomic mass is 10.1. The molecule has 1 aromatic rings. The number of carbonyl (C=O) groups is 2. The Kier molecular flexibility index (Phi) is 4.96. The molecule has 0 saturated heterocycles. The van der Waals surface area contributed by atoms with E-state index in [2.05, 4.69) is 16.6 Å². The fourth-order valence-electron chi connectivity index (χ4n) is 1.28. The van der Waals surface area contributed by atoms with Gasteiger partial charge in [-0.1, -0.05) is 18.1 Å². The minimum atomic E-state index is -0.463. The van der Waals surface area contributed by atoms with Crippen molar-refractivity contribution in [2.45, 2.75) is 6.42 Å². The zero-order chi connectivity index (χ0) is 13.4. The predicted octanol–water partition coefficient (Wildman–Crippen LogP) is 0.902. The standard InChI is InChI=1S/C13H11N3O2/c1-2-9-15-13(18)10-5-3-4-6-11(10)16-12(17)7-8-14/h1,3-6H,7,9H2,(H,15,18)(H,16,17). The molecule has 2 amide bonds. The average molecular weight is 241 g/mol. The molecule has 0 aliphatic carbocycles. The maximum Gasteiger partial charge on any atom is 0.254 e. The number of para-hydroxylation sites is 1. The van der Waals surface area contributed by atoms with Crippen LogP contribution in [0.25, 0.3) is 0 Å². The van der Waals surface area contributed by atoms with E-state index in [-0.39, 0.29) is 18.9 Å². The van der Waals surface area contributed by atoms with Gasteiger partial charge in [-0.15, -0.1) is 6.42 Å². The fourth-order valence-corrected chi connectivity index (χ4v) is 1.28. The van der Waals surface area contributed by atoms with Gasteiger partial charge in [-0.05, 0) is 12.1 Å². The molecule has 0 spiro atoms. The van der Waals surface area contributed by atoms with Crippen molar-refractivity contribution in [2.75, 3.05) is 11.9 Å². The van der Waals surface area contributed by atoms with Gasteiger partial charge >= 0.3 is 0 Å². The van der Waals surface area contributed by atoms with Gasteiger partial charge < -0.3 is 10.6 Å². The predicted molar refractivity (Wildman–Crippen MR) is 66.5 cm³/mol. The second kappa shape index (κ2) is 6.72. The summed E-state index contributed by atoms with van der Waals surface area (Å²) in [5.74, 6) is 1.45. The Morgan fingerprint density at radius 3 is 2.72 bits per heavy atom. The Labute approximate surface area is 105 Å². The molecule has 0 heterocycles. The normalized spacial score (nSPS) is 8.78. The van der Waals surface area contributed by atoms with Crippen LogP contribution in [-0.4, -0.2) is 18.4 Å². The smallest absolute Gasteiger partial charge is 0.254 e. The van der Waals surface area contributed by atoms with Crippen LogP contribution in [-0.2, 0) is 4.79 Å². The molecule has 0 aromatic heterocycles. The molecule has 0 fully saturated rings. The summed E-state index contributed by atoms with van der Waals surface area (Å²) in [6.07, 6.45) is 4.78. The summed E-state index contributed by atoms with van der Waals surface area (Å²) in [6, 6.07) is 8.23. The number of amides is 2. The molecule has 0 aliphatic heterocycles. The largest absolute Gasteiger partial charge is 0.341 e. The third-order valence-electron chi connectivity index (χ3n) is 2.04. The summed E-state index contributed by atoms with van der Waals surface area (Å²) in [4.78, 5) is 23.0. The highest BCUT2D eigenvalue weighted by Crippen LogP contribution is 2.14. The van der Waals surface area contributed by atoms with Crippen molar-refractivity contribution < 1.29 is 9.59 Å². The van der Waals surface area contributed by atoms with E-state index in [4.69, 9.17) is 11.7 Å². The van der Waals surface area contributed by atoms with Crippen molar-refractivity contribution in [3.63, 3.8) is 0 Å². The van der Waals surface area contributed by atoms with Gasteiger partial charge in [-0.2, -0.15) is 5.26 Å². The number of carbonyl (C=O) groups excluding carboxylic acids is 2. The van der Waals surface area contributed by atoms with Crippen molar-refractivity contribution in [1.82, 2.24) is 5.32 Å². The molecule has 1 aromatic carbocycles. The number of nitrogens with zero attached hydrogens (tertiary/aromatic N) is 1. The minimum absolute atomic E-state index is 0.110. The number of benzene rings is 1. The molecule has 2 N–H and O–H groups in total. The number of anilines is 1. The zero-order valence-electron chi connectivity index (χ0n) is 9.56. The number of nitriles is 1. The molecule has 0 unspecified atom stereocenters. The maximum atomic E-state index is 11.7. The molecule has 0 bridgehead atoms. The maximum absolute atomic E-state index is 11.7. The van der Waals surface area contributed by atoms with Crippen molar-refractivity contribution in [2.24, 2.45) is 0 Å². The first-order valence-electron chi connectivity index (χ1n) is 5.16. The van der Waals surface area contributed by atoms with Gasteiger partial charge in [0.25, 0.3) is 5.91 Å². The molecular weight excluding hydrogens is 230 g/mol. The lowest BCUT2D eigenvalue weighted by molar-refractivity contribution is -0.115. The third-order valence-corrected chi connectivity index (χ3v) is 2.04. The Morgan fingerprint density at radius 1 is 1.33 bits per heavy atom. The number of hydrogen-bond donors (Lipinski definition) is 2. The summed E-state index contributed by atoms with van der Waals surface area (Å²) < 4.78 is 0. The minimum Gasteiger partial charge on any atom is -0.341 e. The SMILES string of the molecule is C#CCNC(=O)c1ccccc1NC(=O)CC#N. The van der Waals surface area contributed by atoms with Crippen molar-refractivity contribution in [3.8, 4) is 18.4 Å².